The van der Waals surface area contributed by atoms with E-state index in [-0.39, 0.29) is 11.7 Å². The van der Waals surface area contributed by atoms with Gasteiger partial charge in [0, 0.05) is 26.0 Å². The molecule has 1 unspecified atom stereocenters. The van der Waals surface area contributed by atoms with Gasteiger partial charge in [0.1, 0.15) is 5.76 Å². The van der Waals surface area contributed by atoms with Crippen LogP contribution in [0.15, 0.2) is 65.3 Å². The summed E-state index contributed by atoms with van der Waals surface area (Å²) in [6.45, 7) is 2.40. The number of esters is 1. The van der Waals surface area contributed by atoms with E-state index < -0.39 is 12.1 Å². The van der Waals surface area contributed by atoms with Crippen LogP contribution in [0.3, 0.4) is 0 Å². The summed E-state index contributed by atoms with van der Waals surface area (Å²) in [4.78, 5) is 26.2. The molecule has 7 heteroatoms. The van der Waals surface area contributed by atoms with Crippen LogP contribution in [-0.2, 0) is 22.6 Å². The fourth-order valence-corrected chi connectivity index (χ4v) is 2.64. The molecule has 0 spiro atoms. The third-order valence-electron chi connectivity index (χ3n) is 4.01. The molecular weight excluding hydrogens is 346 g/mol. The Balaban J connectivity index is 1.55. The Kier molecular flexibility index (Phi) is 5.71. The molecule has 27 heavy (non-hydrogen) atoms. The largest absolute Gasteiger partial charge is 0.452 e. The van der Waals surface area contributed by atoms with Gasteiger partial charge in [0.2, 0.25) is 5.76 Å². The van der Waals surface area contributed by atoms with Crippen molar-refractivity contribution >= 4 is 11.9 Å². The van der Waals surface area contributed by atoms with Gasteiger partial charge in [-0.15, -0.1) is 0 Å². The van der Waals surface area contributed by atoms with Crippen molar-refractivity contribution in [3.63, 3.8) is 0 Å². The lowest BCUT2D eigenvalue weighted by Gasteiger charge is -2.21. The van der Waals surface area contributed by atoms with E-state index in [1.165, 1.54) is 11.0 Å². The van der Waals surface area contributed by atoms with E-state index in [4.69, 9.17) is 9.15 Å². The van der Waals surface area contributed by atoms with Crippen LogP contribution in [0.4, 0.5) is 0 Å². The number of benzene rings is 1. The zero-order valence-corrected chi connectivity index (χ0v) is 15.2. The Bertz CT molecular complexity index is 887. The van der Waals surface area contributed by atoms with Crippen molar-refractivity contribution in [3.05, 3.63) is 78.0 Å². The lowest BCUT2D eigenvalue weighted by molar-refractivity contribution is -0.139. The van der Waals surface area contributed by atoms with E-state index in [1.54, 1.807) is 43.2 Å². The summed E-state index contributed by atoms with van der Waals surface area (Å²) in [5.41, 5.74) is 1.00. The molecule has 1 aromatic carbocycles. The molecule has 0 saturated heterocycles. The third kappa shape index (κ3) is 4.84. The zero-order chi connectivity index (χ0) is 19.2. The number of amides is 1. The molecular formula is C20H21N3O4. The molecule has 2 aromatic heterocycles. The van der Waals surface area contributed by atoms with Crippen molar-refractivity contribution in [1.29, 1.82) is 0 Å². The van der Waals surface area contributed by atoms with Crippen molar-refractivity contribution in [1.82, 2.24) is 14.7 Å². The van der Waals surface area contributed by atoms with Gasteiger partial charge in [-0.1, -0.05) is 30.3 Å². The maximum Gasteiger partial charge on any atom is 0.375 e. The molecule has 0 aliphatic carbocycles. The van der Waals surface area contributed by atoms with E-state index in [2.05, 4.69) is 5.10 Å². The van der Waals surface area contributed by atoms with Gasteiger partial charge in [-0.2, -0.15) is 5.10 Å². The van der Waals surface area contributed by atoms with Gasteiger partial charge >= 0.3 is 5.97 Å². The van der Waals surface area contributed by atoms with Crippen LogP contribution < -0.4 is 0 Å². The molecule has 0 aliphatic rings. The molecule has 7 nitrogen and oxygen atoms in total. The summed E-state index contributed by atoms with van der Waals surface area (Å²) in [5.74, 6) is -0.320. The highest BCUT2D eigenvalue weighted by Gasteiger charge is 2.24. The number of hydrogen-bond acceptors (Lipinski definition) is 5. The second-order valence-electron chi connectivity index (χ2n) is 6.20. The Hall–Kier alpha value is -3.35. The van der Waals surface area contributed by atoms with Crippen LogP contribution in [0.25, 0.3) is 0 Å². The maximum absolute atomic E-state index is 12.4. The molecule has 0 fully saturated rings. The second-order valence-corrected chi connectivity index (χ2v) is 6.20. The molecule has 0 radical (unpaired) electrons. The minimum Gasteiger partial charge on any atom is -0.452 e. The third-order valence-corrected chi connectivity index (χ3v) is 4.01. The lowest BCUT2D eigenvalue weighted by Crippen LogP contribution is -2.37. The van der Waals surface area contributed by atoms with E-state index in [0.29, 0.717) is 18.8 Å². The van der Waals surface area contributed by atoms with Gasteiger partial charge in [0.05, 0.1) is 6.54 Å². The number of aromatic nitrogens is 2. The highest BCUT2D eigenvalue weighted by molar-refractivity contribution is 5.90. The highest BCUT2D eigenvalue weighted by atomic mass is 16.6. The first kappa shape index (κ1) is 18.4. The average Bonchev–Trinajstić information content (AvgIpc) is 3.34. The summed E-state index contributed by atoms with van der Waals surface area (Å²) < 4.78 is 12.4. The minimum atomic E-state index is -0.911. The number of furan rings is 1. The van der Waals surface area contributed by atoms with E-state index in [0.717, 1.165) is 5.56 Å². The smallest absolute Gasteiger partial charge is 0.375 e. The predicted molar refractivity (Wildman–Crippen MR) is 97.8 cm³/mol. The van der Waals surface area contributed by atoms with Crippen molar-refractivity contribution in [2.24, 2.45) is 0 Å². The van der Waals surface area contributed by atoms with E-state index in [1.807, 2.05) is 30.3 Å². The van der Waals surface area contributed by atoms with Crippen LogP contribution in [0.1, 0.15) is 28.8 Å². The summed E-state index contributed by atoms with van der Waals surface area (Å²) in [6.07, 6.45) is 2.55. The molecule has 1 atom stereocenters. The standard InChI is InChI=1S/C20H21N3O4/c1-15(19(24)22(2)13-16-7-4-3-5-8-16)26-20(25)18-10-9-17(27-18)14-23-12-6-11-21-23/h3-12,15H,13-14H2,1-2H3. The van der Waals surface area contributed by atoms with Crippen LogP contribution in [0.2, 0.25) is 0 Å². The Labute approximate surface area is 157 Å². The molecule has 0 aliphatic heterocycles. The first-order chi connectivity index (χ1) is 13.0. The highest BCUT2D eigenvalue weighted by Crippen LogP contribution is 2.13. The summed E-state index contributed by atoms with van der Waals surface area (Å²) in [5, 5.41) is 4.08. The Morgan fingerprint density at radius 2 is 1.96 bits per heavy atom. The molecule has 0 saturated carbocycles. The number of carbonyl (C=O) groups is 2. The van der Waals surface area contributed by atoms with Crippen molar-refractivity contribution in [2.45, 2.75) is 26.1 Å². The molecule has 140 valence electrons. The minimum absolute atomic E-state index is 0.0579. The van der Waals surface area contributed by atoms with E-state index in [9.17, 15) is 9.59 Å². The van der Waals surface area contributed by atoms with Gasteiger partial charge in [0.25, 0.3) is 5.91 Å². The predicted octanol–water partition coefficient (Wildman–Crippen LogP) is 2.73. The van der Waals surface area contributed by atoms with Gasteiger partial charge in [0.15, 0.2) is 6.10 Å². The maximum atomic E-state index is 12.4. The number of rotatable bonds is 7. The van der Waals surface area contributed by atoms with Gasteiger partial charge in [-0.3, -0.25) is 9.48 Å². The van der Waals surface area contributed by atoms with Crippen LogP contribution >= 0.6 is 0 Å². The quantitative estimate of drug-likeness (QED) is 0.600. The summed E-state index contributed by atoms with van der Waals surface area (Å²) in [6, 6.07) is 14.6. The molecule has 0 N–H and O–H groups in total. The number of hydrogen-bond donors (Lipinski definition) is 0. The normalized spacial score (nSPS) is 11.8. The SMILES string of the molecule is CC(OC(=O)c1ccc(Cn2cccn2)o1)C(=O)N(C)Cc1ccccc1. The number of nitrogens with zero attached hydrogens (tertiary/aromatic N) is 3. The summed E-state index contributed by atoms with van der Waals surface area (Å²) in [7, 11) is 1.68. The Morgan fingerprint density at radius 3 is 2.67 bits per heavy atom. The van der Waals surface area contributed by atoms with Gasteiger partial charge in [-0.25, -0.2) is 4.79 Å². The van der Waals surface area contributed by atoms with Crippen LogP contribution in [0.5, 0.6) is 0 Å². The number of likely N-dealkylation sites (N-methyl/N-ethyl adjacent to an activating group) is 1. The van der Waals surface area contributed by atoms with E-state index >= 15 is 0 Å². The molecule has 3 aromatic rings. The molecule has 3 rings (SSSR count). The van der Waals surface area contributed by atoms with Crippen LogP contribution in [-0.4, -0.2) is 39.7 Å². The second kappa shape index (κ2) is 8.35. The fraction of sp³-hybridized carbons (Fsp3) is 0.250. The van der Waals surface area contributed by atoms with Crippen molar-refractivity contribution in [2.75, 3.05) is 7.05 Å². The first-order valence-corrected chi connectivity index (χ1v) is 8.59. The van der Waals surface area contributed by atoms with Crippen LogP contribution in [0, 0.1) is 0 Å². The first-order valence-electron chi connectivity index (χ1n) is 8.59. The summed E-state index contributed by atoms with van der Waals surface area (Å²) >= 11 is 0. The monoisotopic (exact) mass is 367 g/mol. The topological polar surface area (TPSA) is 77.6 Å². The average molecular weight is 367 g/mol. The molecule has 0 bridgehead atoms. The van der Waals surface area contributed by atoms with Gasteiger partial charge < -0.3 is 14.1 Å². The zero-order valence-electron chi connectivity index (χ0n) is 15.2. The van der Waals surface area contributed by atoms with Gasteiger partial charge in [-0.05, 0) is 30.7 Å². The molecule has 1 amide bonds. The van der Waals surface area contributed by atoms with Crippen molar-refractivity contribution in [3.8, 4) is 0 Å². The number of carbonyl (C=O) groups excluding carboxylic acids is 2. The fourth-order valence-electron chi connectivity index (χ4n) is 2.64. The lowest BCUT2D eigenvalue weighted by atomic mass is 10.2. The van der Waals surface area contributed by atoms with Crippen molar-refractivity contribution < 1.29 is 18.7 Å². The molecule has 2 heterocycles. The Morgan fingerprint density at radius 1 is 1.19 bits per heavy atom. The number of ether oxygens (including phenoxy) is 1.